The fourth-order valence-corrected chi connectivity index (χ4v) is 3.74. The Labute approximate surface area is 128 Å². The van der Waals surface area contributed by atoms with Gasteiger partial charge < -0.3 is 9.30 Å². The first kappa shape index (κ1) is 14.2. The molecule has 2 aromatic rings. The van der Waals surface area contributed by atoms with Crippen LogP contribution in [0.3, 0.4) is 0 Å². The van der Waals surface area contributed by atoms with Gasteiger partial charge in [-0.2, -0.15) is 11.8 Å². The van der Waals surface area contributed by atoms with Crippen LogP contribution in [0.1, 0.15) is 41.5 Å². The van der Waals surface area contributed by atoms with Crippen LogP contribution in [0.25, 0.3) is 0 Å². The summed E-state index contributed by atoms with van der Waals surface area (Å²) in [5.41, 5.74) is 3.12. The quantitative estimate of drug-likeness (QED) is 0.816. The highest BCUT2D eigenvalue weighted by Gasteiger charge is 2.26. The van der Waals surface area contributed by atoms with Gasteiger partial charge in [-0.05, 0) is 25.0 Å². The van der Waals surface area contributed by atoms with Crippen molar-refractivity contribution in [1.82, 2.24) is 9.55 Å². The molecule has 1 aromatic heterocycles. The van der Waals surface area contributed by atoms with Gasteiger partial charge in [-0.15, -0.1) is 0 Å². The Morgan fingerprint density at radius 3 is 3.05 bits per heavy atom. The van der Waals surface area contributed by atoms with Crippen molar-refractivity contribution in [2.45, 2.75) is 31.7 Å². The first-order valence-corrected chi connectivity index (χ1v) is 8.20. The molecule has 1 atom stereocenters. The van der Waals surface area contributed by atoms with Crippen molar-refractivity contribution < 1.29 is 9.53 Å². The molecule has 2 heterocycles. The molecule has 0 fully saturated rings. The fourth-order valence-electron chi connectivity index (χ4n) is 2.58. The minimum Gasteiger partial charge on any atom is -0.458 e. The molecule has 1 aromatic carbocycles. The monoisotopic (exact) mass is 302 g/mol. The third-order valence-corrected chi connectivity index (χ3v) is 4.57. The van der Waals surface area contributed by atoms with Crippen molar-refractivity contribution in [1.29, 1.82) is 0 Å². The van der Waals surface area contributed by atoms with Crippen LogP contribution in [0, 0.1) is 0 Å². The summed E-state index contributed by atoms with van der Waals surface area (Å²) in [6.07, 6.45) is 3.19. The summed E-state index contributed by atoms with van der Waals surface area (Å²) in [5, 5.41) is 0. The average molecular weight is 302 g/mol. The molecule has 0 amide bonds. The summed E-state index contributed by atoms with van der Waals surface area (Å²) in [7, 11) is 0. The zero-order valence-electron chi connectivity index (χ0n) is 12.2. The van der Waals surface area contributed by atoms with Gasteiger partial charge in [-0.1, -0.05) is 24.3 Å². The number of hydrogen-bond donors (Lipinski definition) is 0. The molecule has 0 aliphatic carbocycles. The van der Waals surface area contributed by atoms with E-state index in [-0.39, 0.29) is 18.1 Å². The van der Waals surface area contributed by atoms with Gasteiger partial charge in [0.1, 0.15) is 5.69 Å². The van der Waals surface area contributed by atoms with E-state index >= 15 is 0 Å². The predicted molar refractivity (Wildman–Crippen MR) is 83.5 cm³/mol. The lowest BCUT2D eigenvalue weighted by Crippen LogP contribution is -2.23. The lowest BCUT2D eigenvalue weighted by Gasteiger charge is -2.27. The SMILES string of the molecule is CC(C)OC(=O)c1cncn1C1CSCc2ccccc21. The highest BCUT2D eigenvalue weighted by atomic mass is 32.2. The molecule has 1 aliphatic rings. The summed E-state index contributed by atoms with van der Waals surface area (Å²) in [6, 6.07) is 8.53. The molecular formula is C16H18N2O2S. The van der Waals surface area contributed by atoms with Crippen molar-refractivity contribution in [3.8, 4) is 0 Å². The van der Waals surface area contributed by atoms with Crippen LogP contribution in [0.4, 0.5) is 0 Å². The van der Waals surface area contributed by atoms with Gasteiger partial charge in [0.2, 0.25) is 0 Å². The number of thioether (sulfide) groups is 1. The molecule has 0 spiro atoms. The molecule has 3 rings (SSSR count). The lowest BCUT2D eigenvalue weighted by molar-refractivity contribution is 0.0364. The minimum absolute atomic E-state index is 0.131. The van der Waals surface area contributed by atoms with E-state index in [1.165, 1.54) is 11.1 Å². The maximum atomic E-state index is 12.2. The Kier molecular flexibility index (Phi) is 4.01. The fraction of sp³-hybridized carbons (Fsp3) is 0.375. The second-order valence-electron chi connectivity index (χ2n) is 5.37. The third-order valence-electron chi connectivity index (χ3n) is 3.50. The molecule has 21 heavy (non-hydrogen) atoms. The number of carbonyl (C=O) groups is 1. The highest BCUT2D eigenvalue weighted by molar-refractivity contribution is 7.98. The molecule has 0 radical (unpaired) electrons. The summed E-state index contributed by atoms with van der Waals surface area (Å²) in [6.45, 7) is 3.70. The van der Waals surface area contributed by atoms with Gasteiger partial charge in [0, 0.05) is 11.5 Å². The van der Waals surface area contributed by atoms with Crippen LogP contribution in [0.2, 0.25) is 0 Å². The standard InChI is InChI=1S/C16H18N2O2S/c1-11(2)20-16(19)14-7-17-10-18(14)15-9-21-8-12-5-3-4-6-13(12)15/h3-7,10-11,15H,8-9H2,1-2H3. The Bertz CT molecular complexity index is 651. The van der Waals surface area contributed by atoms with Gasteiger partial charge in [-0.3, -0.25) is 0 Å². The van der Waals surface area contributed by atoms with E-state index in [1.54, 1.807) is 12.5 Å². The normalized spacial score (nSPS) is 17.6. The molecule has 0 bridgehead atoms. The van der Waals surface area contributed by atoms with Crippen LogP contribution < -0.4 is 0 Å². The largest absolute Gasteiger partial charge is 0.458 e. The minimum atomic E-state index is -0.310. The van der Waals surface area contributed by atoms with Crippen molar-refractivity contribution in [3.05, 3.63) is 53.6 Å². The molecular weight excluding hydrogens is 284 g/mol. The first-order valence-electron chi connectivity index (χ1n) is 7.05. The zero-order valence-corrected chi connectivity index (χ0v) is 13.0. The number of fused-ring (bicyclic) bond motifs is 1. The highest BCUT2D eigenvalue weighted by Crippen LogP contribution is 2.34. The summed E-state index contributed by atoms with van der Waals surface area (Å²) in [5.74, 6) is 1.65. The molecule has 110 valence electrons. The topological polar surface area (TPSA) is 44.1 Å². The second kappa shape index (κ2) is 5.93. The number of rotatable bonds is 3. The molecule has 4 nitrogen and oxygen atoms in total. The van der Waals surface area contributed by atoms with Crippen molar-refractivity contribution >= 4 is 17.7 Å². The number of nitrogens with zero attached hydrogens (tertiary/aromatic N) is 2. The Hall–Kier alpha value is -1.75. The van der Waals surface area contributed by atoms with Crippen molar-refractivity contribution in [2.75, 3.05) is 5.75 Å². The number of benzene rings is 1. The second-order valence-corrected chi connectivity index (χ2v) is 6.40. The summed E-state index contributed by atoms with van der Waals surface area (Å²) in [4.78, 5) is 16.4. The van der Waals surface area contributed by atoms with Gasteiger partial charge in [0.25, 0.3) is 0 Å². The van der Waals surface area contributed by atoms with Crippen LogP contribution in [0.15, 0.2) is 36.8 Å². The summed E-state index contributed by atoms with van der Waals surface area (Å²) >= 11 is 1.88. The van der Waals surface area contributed by atoms with E-state index in [0.717, 1.165) is 11.5 Å². The zero-order chi connectivity index (χ0) is 14.8. The van der Waals surface area contributed by atoms with Crippen molar-refractivity contribution in [3.63, 3.8) is 0 Å². The number of carbonyl (C=O) groups excluding carboxylic acids is 1. The van der Waals surface area contributed by atoms with E-state index in [1.807, 2.05) is 36.2 Å². The van der Waals surface area contributed by atoms with E-state index in [9.17, 15) is 4.79 Å². The molecule has 1 aliphatic heterocycles. The van der Waals surface area contributed by atoms with E-state index < -0.39 is 0 Å². The molecule has 0 N–H and O–H groups in total. The van der Waals surface area contributed by atoms with Gasteiger partial charge >= 0.3 is 5.97 Å². The Morgan fingerprint density at radius 2 is 2.24 bits per heavy atom. The average Bonchev–Trinajstić information content (AvgIpc) is 2.95. The van der Waals surface area contributed by atoms with Crippen LogP contribution >= 0.6 is 11.8 Å². The number of ether oxygens (including phenoxy) is 1. The predicted octanol–water partition coefficient (Wildman–Crippen LogP) is 3.28. The number of esters is 1. The number of imidazole rings is 1. The van der Waals surface area contributed by atoms with Gasteiger partial charge in [0.05, 0.1) is 24.7 Å². The number of aromatic nitrogens is 2. The van der Waals surface area contributed by atoms with E-state index in [4.69, 9.17) is 4.74 Å². The molecule has 0 saturated heterocycles. The van der Waals surface area contributed by atoms with E-state index in [2.05, 4.69) is 23.2 Å². The summed E-state index contributed by atoms with van der Waals surface area (Å²) < 4.78 is 7.25. The van der Waals surface area contributed by atoms with Gasteiger partial charge in [-0.25, -0.2) is 9.78 Å². The molecule has 5 heteroatoms. The molecule has 1 unspecified atom stereocenters. The number of hydrogen-bond acceptors (Lipinski definition) is 4. The van der Waals surface area contributed by atoms with Crippen LogP contribution in [-0.4, -0.2) is 27.4 Å². The maximum Gasteiger partial charge on any atom is 0.356 e. The lowest BCUT2D eigenvalue weighted by atomic mass is 10.0. The van der Waals surface area contributed by atoms with Crippen LogP contribution in [0.5, 0.6) is 0 Å². The smallest absolute Gasteiger partial charge is 0.356 e. The Balaban J connectivity index is 1.96. The van der Waals surface area contributed by atoms with Crippen LogP contribution in [-0.2, 0) is 10.5 Å². The van der Waals surface area contributed by atoms with Gasteiger partial charge in [0.15, 0.2) is 0 Å². The Morgan fingerprint density at radius 1 is 1.43 bits per heavy atom. The first-order chi connectivity index (χ1) is 10.2. The van der Waals surface area contributed by atoms with E-state index in [0.29, 0.717) is 5.69 Å². The van der Waals surface area contributed by atoms with Crippen molar-refractivity contribution in [2.24, 2.45) is 0 Å². The maximum absolute atomic E-state index is 12.2. The third kappa shape index (κ3) is 2.83. The molecule has 0 saturated carbocycles.